The molecule has 27 heavy (non-hydrogen) atoms. The van der Waals surface area contributed by atoms with Crippen LogP contribution in [0.25, 0.3) is 0 Å². The van der Waals surface area contributed by atoms with Crippen molar-refractivity contribution in [1.29, 1.82) is 0 Å². The van der Waals surface area contributed by atoms with Gasteiger partial charge >= 0.3 is 0 Å². The van der Waals surface area contributed by atoms with Crippen LogP contribution in [0.4, 0.5) is 0 Å². The highest BCUT2D eigenvalue weighted by atomic mass is 32.2. The van der Waals surface area contributed by atoms with Crippen molar-refractivity contribution in [2.75, 3.05) is 58.9 Å². The molecule has 3 rings (SSSR count). The zero-order chi connectivity index (χ0) is 19.3. The van der Waals surface area contributed by atoms with Gasteiger partial charge < -0.3 is 16.0 Å². The molecule has 2 fully saturated rings. The van der Waals surface area contributed by atoms with E-state index in [1.165, 1.54) is 24.3 Å². The molecule has 10 heteroatoms. The van der Waals surface area contributed by atoms with Gasteiger partial charge in [-0.25, -0.2) is 8.42 Å². The smallest absolute Gasteiger partial charge is 0.251 e. The molecule has 1 aromatic rings. The first kappa shape index (κ1) is 19.7. The summed E-state index contributed by atoms with van der Waals surface area (Å²) in [5.74, 6) is -0.545. The number of piperazine rings is 2. The molecule has 0 saturated carbocycles. The summed E-state index contributed by atoms with van der Waals surface area (Å²) in [6.07, 6.45) is 0. The lowest BCUT2D eigenvalue weighted by atomic mass is 10.2. The summed E-state index contributed by atoms with van der Waals surface area (Å²) in [4.78, 5) is 26.0. The summed E-state index contributed by atoms with van der Waals surface area (Å²) in [5, 5.41) is 8.74. The first-order chi connectivity index (χ1) is 13.0. The van der Waals surface area contributed by atoms with E-state index in [2.05, 4.69) is 20.9 Å². The van der Waals surface area contributed by atoms with Crippen LogP contribution in [0.15, 0.2) is 29.2 Å². The van der Waals surface area contributed by atoms with Gasteiger partial charge in [-0.15, -0.1) is 0 Å². The van der Waals surface area contributed by atoms with Crippen molar-refractivity contribution in [3.8, 4) is 0 Å². The number of sulfonamides is 1. The summed E-state index contributed by atoms with van der Waals surface area (Å²) in [7, 11) is -3.74. The van der Waals surface area contributed by atoms with Crippen molar-refractivity contribution >= 4 is 21.8 Å². The number of hydrogen-bond acceptors (Lipinski definition) is 6. The third kappa shape index (κ3) is 5.04. The zero-order valence-corrected chi connectivity index (χ0v) is 15.9. The molecule has 148 valence electrons. The van der Waals surface area contributed by atoms with E-state index in [1.54, 1.807) is 0 Å². The van der Waals surface area contributed by atoms with Crippen LogP contribution >= 0.6 is 0 Å². The van der Waals surface area contributed by atoms with E-state index in [1.807, 2.05) is 0 Å². The van der Waals surface area contributed by atoms with Gasteiger partial charge in [0, 0.05) is 57.9 Å². The van der Waals surface area contributed by atoms with Crippen LogP contribution in [-0.4, -0.2) is 88.3 Å². The summed E-state index contributed by atoms with van der Waals surface area (Å²) in [6, 6.07) is 5.81. The molecule has 0 bridgehead atoms. The van der Waals surface area contributed by atoms with Crippen LogP contribution in [0.5, 0.6) is 0 Å². The fourth-order valence-corrected chi connectivity index (χ4v) is 4.51. The molecule has 2 amide bonds. The van der Waals surface area contributed by atoms with E-state index in [4.69, 9.17) is 0 Å². The van der Waals surface area contributed by atoms with E-state index >= 15 is 0 Å². The van der Waals surface area contributed by atoms with Crippen LogP contribution in [0.2, 0.25) is 0 Å². The lowest BCUT2D eigenvalue weighted by Crippen LogP contribution is -2.49. The second kappa shape index (κ2) is 8.79. The fourth-order valence-electron chi connectivity index (χ4n) is 3.11. The SMILES string of the molecule is O=C1CN(S(=O)(=O)c2ccc(C(=O)NCCN3CCNCC3)cc2)CCN1. The molecule has 1 aromatic carbocycles. The minimum Gasteiger partial charge on any atom is -0.354 e. The molecule has 0 radical (unpaired) electrons. The van der Waals surface area contributed by atoms with Crippen molar-refractivity contribution in [1.82, 2.24) is 25.2 Å². The molecule has 3 N–H and O–H groups in total. The number of hydrogen-bond donors (Lipinski definition) is 3. The van der Waals surface area contributed by atoms with E-state index in [-0.39, 0.29) is 29.8 Å². The highest BCUT2D eigenvalue weighted by molar-refractivity contribution is 7.89. The molecular formula is C17H25N5O4S. The predicted molar refractivity (Wildman–Crippen MR) is 99.9 cm³/mol. The third-order valence-corrected chi connectivity index (χ3v) is 6.54. The molecule has 2 aliphatic heterocycles. The fraction of sp³-hybridized carbons (Fsp3) is 0.529. The van der Waals surface area contributed by atoms with Gasteiger partial charge in [-0.1, -0.05) is 0 Å². The maximum Gasteiger partial charge on any atom is 0.251 e. The van der Waals surface area contributed by atoms with Crippen molar-refractivity contribution in [3.63, 3.8) is 0 Å². The third-order valence-electron chi connectivity index (χ3n) is 4.68. The normalized spacial score (nSPS) is 19.5. The first-order valence-electron chi connectivity index (χ1n) is 9.05. The molecule has 0 unspecified atom stereocenters. The summed E-state index contributed by atoms with van der Waals surface area (Å²) in [6.45, 7) is 5.54. The zero-order valence-electron chi connectivity index (χ0n) is 15.1. The van der Waals surface area contributed by atoms with Crippen LogP contribution < -0.4 is 16.0 Å². The van der Waals surface area contributed by atoms with E-state index in [0.717, 1.165) is 37.0 Å². The Labute approximate surface area is 159 Å². The maximum absolute atomic E-state index is 12.6. The lowest BCUT2D eigenvalue weighted by Gasteiger charge is -2.27. The van der Waals surface area contributed by atoms with Crippen molar-refractivity contribution < 1.29 is 18.0 Å². The number of rotatable bonds is 6. The van der Waals surface area contributed by atoms with Crippen molar-refractivity contribution in [2.24, 2.45) is 0 Å². The molecule has 0 aliphatic carbocycles. The Morgan fingerprint density at radius 2 is 1.78 bits per heavy atom. The number of carbonyl (C=O) groups excluding carboxylic acids is 2. The Bertz CT molecular complexity index is 775. The van der Waals surface area contributed by atoms with E-state index in [9.17, 15) is 18.0 Å². The van der Waals surface area contributed by atoms with Gasteiger partial charge in [-0.2, -0.15) is 4.31 Å². The van der Waals surface area contributed by atoms with Gasteiger partial charge in [-0.3, -0.25) is 14.5 Å². The van der Waals surface area contributed by atoms with Gasteiger partial charge in [0.2, 0.25) is 15.9 Å². The van der Waals surface area contributed by atoms with Gasteiger partial charge in [0.15, 0.2) is 0 Å². The first-order valence-corrected chi connectivity index (χ1v) is 10.5. The molecule has 2 aliphatic rings. The molecule has 2 saturated heterocycles. The van der Waals surface area contributed by atoms with Gasteiger partial charge in [0.05, 0.1) is 11.4 Å². The standard InChI is InChI=1S/C17H25N5O4S/c23-16-13-22(12-8-19-16)27(25,26)15-3-1-14(2-4-15)17(24)20-7-11-21-9-5-18-6-10-21/h1-4,18H,5-13H2,(H,19,23)(H,20,24). The Morgan fingerprint density at radius 3 is 2.44 bits per heavy atom. The number of carbonyl (C=O) groups is 2. The number of nitrogens with zero attached hydrogens (tertiary/aromatic N) is 2. The summed E-state index contributed by atoms with van der Waals surface area (Å²) < 4.78 is 26.3. The molecule has 0 aromatic heterocycles. The minimum atomic E-state index is -3.74. The topological polar surface area (TPSA) is 111 Å². The molecule has 0 atom stereocenters. The lowest BCUT2D eigenvalue weighted by molar-refractivity contribution is -0.122. The number of nitrogens with one attached hydrogen (secondary N) is 3. The predicted octanol–water partition coefficient (Wildman–Crippen LogP) is -1.56. The van der Waals surface area contributed by atoms with E-state index < -0.39 is 10.0 Å². The molecule has 0 spiro atoms. The molecule has 2 heterocycles. The average molecular weight is 395 g/mol. The van der Waals surface area contributed by atoms with E-state index in [0.29, 0.717) is 18.7 Å². The Balaban J connectivity index is 1.55. The second-order valence-electron chi connectivity index (χ2n) is 6.56. The van der Waals surface area contributed by atoms with Crippen LogP contribution in [-0.2, 0) is 14.8 Å². The quantitative estimate of drug-likeness (QED) is 0.537. The van der Waals surface area contributed by atoms with Crippen LogP contribution in [0.3, 0.4) is 0 Å². The molecule has 9 nitrogen and oxygen atoms in total. The summed E-state index contributed by atoms with van der Waals surface area (Å²) in [5.41, 5.74) is 0.408. The summed E-state index contributed by atoms with van der Waals surface area (Å²) >= 11 is 0. The Morgan fingerprint density at radius 1 is 1.07 bits per heavy atom. The van der Waals surface area contributed by atoms with Gasteiger partial charge in [-0.05, 0) is 24.3 Å². The largest absolute Gasteiger partial charge is 0.354 e. The number of benzene rings is 1. The Hall–Kier alpha value is -2.01. The van der Waals surface area contributed by atoms with Crippen LogP contribution in [0.1, 0.15) is 10.4 Å². The Kier molecular flexibility index (Phi) is 6.42. The minimum absolute atomic E-state index is 0.0783. The monoisotopic (exact) mass is 395 g/mol. The van der Waals surface area contributed by atoms with Crippen LogP contribution in [0, 0.1) is 0 Å². The van der Waals surface area contributed by atoms with Gasteiger partial charge in [0.25, 0.3) is 5.91 Å². The second-order valence-corrected chi connectivity index (χ2v) is 8.50. The van der Waals surface area contributed by atoms with Gasteiger partial charge in [0.1, 0.15) is 0 Å². The van der Waals surface area contributed by atoms with Crippen molar-refractivity contribution in [3.05, 3.63) is 29.8 Å². The maximum atomic E-state index is 12.6. The highest BCUT2D eigenvalue weighted by Crippen LogP contribution is 2.17. The molecular weight excluding hydrogens is 370 g/mol. The number of amides is 2. The highest BCUT2D eigenvalue weighted by Gasteiger charge is 2.29. The average Bonchev–Trinajstić information content (AvgIpc) is 2.69. The van der Waals surface area contributed by atoms with Crippen molar-refractivity contribution in [2.45, 2.75) is 4.90 Å².